The van der Waals surface area contributed by atoms with Crippen LogP contribution in [0.5, 0.6) is 5.75 Å². The molecule has 5 aromatic rings. The normalized spacial score (nSPS) is 13.6. The van der Waals surface area contributed by atoms with Crippen LogP contribution in [0.25, 0.3) is 39.0 Å². The van der Waals surface area contributed by atoms with E-state index in [0.717, 1.165) is 23.4 Å². The number of imidazole rings is 1. The van der Waals surface area contributed by atoms with E-state index in [2.05, 4.69) is 20.5 Å². The highest BCUT2D eigenvalue weighted by molar-refractivity contribution is 6.32. The molecule has 0 saturated heterocycles. The van der Waals surface area contributed by atoms with E-state index in [9.17, 15) is 9.90 Å². The van der Waals surface area contributed by atoms with E-state index < -0.39 is 5.82 Å². The van der Waals surface area contributed by atoms with Gasteiger partial charge in [-0.3, -0.25) is 4.57 Å². The molecule has 1 aliphatic rings. The second kappa shape index (κ2) is 9.32. The third-order valence-electron chi connectivity index (χ3n) is 6.96. The number of anilines is 1. The first-order valence-corrected chi connectivity index (χ1v) is 12.7. The molecule has 0 unspecified atom stereocenters. The van der Waals surface area contributed by atoms with Crippen LogP contribution in [0.15, 0.2) is 71.5 Å². The van der Waals surface area contributed by atoms with Gasteiger partial charge in [-0.05, 0) is 54.4 Å². The quantitative estimate of drug-likeness (QED) is 0.344. The molecule has 0 spiro atoms. The average Bonchev–Trinajstić information content (AvgIpc) is 3.46. The zero-order chi connectivity index (χ0) is 27.4. The van der Waals surface area contributed by atoms with Crippen molar-refractivity contribution in [3.8, 4) is 33.7 Å². The molecule has 6 rings (SSSR count). The molecule has 9 nitrogen and oxygen atoms in total. The van der Waals surface area contributed by atoms with Crippen LogP contribution in [-0.4, -0.2) is 42.3 Å². The van der Waals surface area contributed by atoms with Gasteiger partial charge in [-0.2, -0.15) is 0 Å². The summed E-state index contributed by atoms with van der Waals surface area (Å²) < 4.78 is 19.6. The molecule has 2 N–H and O–H groups in total. The summed E-state index contributed by atoms with van der Waals surface area (Å²) in [6.45, 7) is 3.46. The minimum atomic E-state index is -0.514. The van der Waals surface area contributed by atoms with Crippen molar-refractivity contribution in [1.82, 2.24) is 29.4 Å². The Morgan fingerprint density at radius 1 is 1.03 bits per heavy atom. The summed E-state index contributed by atoms with van der Waals surface area (Å²) in [5.41, 5.74) is 5.25. The van der Waals surface area contributed by atoms with Gasteiger partial charge in [0.2, 0.25) is 0 Å². The number of rotatable bonds is 4. The summed E-state index contributed by atoms with van der Waals surface area (Å²) in [5.74, 6) is -0.607. The fourth-order valence-electron chi connectivity index (χ4n) is 4.95. The lowest BCUT2D eigenvalue weighted by molar-refractivity contribution is 0.477. The third-order valence-corrected chi connectivity index (χ3v) is 7.27. The monoisotopic (exact) mass is 545 g/mol. The third kappa shape index (κ3) is 4.22. The number of aromatic nitrogens is 5. The Kier molecular flexibility index (Phi) is 5.91. The number of allylic oxidation sites excluding steroid dienone is 1. The topological polar surface area (TPSA) is 93.1 Å². The van der Waals surface area contributed by atoms with Gasteiger partial charge in [0.05, 0.1) is 21.9 Å². The van der Waals surface area contributed by atoms with E-state index in [1.165, 1.54) is 21.3 Å². The Bertz CT molecular complexity index is 1850. The van der Waals surface area contributed by atoms with Gasteiger partial charge in [0.1, 0.15) is 17.1 Å². The van der Waals surface area contributed by atoms with Crippen molar-refractivity contribution < 1.29 is 9.50 Å². The van der Waals surface area contributed by atoms with Crippen molar-refractivity contribution in [1.29, 1.82) is 0 Å². The molecule has 1 aliphatic heterocycles. The smallest absolute Gasteiger partial charge is 0.332 e. The number of phenolic OH excluding ortho intramolecular Hbond substituents is 1. The summed E-state index contributed by atoms with van der Waals surface area (Å²) in [7, 11) is 3.44. The van der Waals surface area contributed by atoms with E-state index in [-0.39, 0.29) is 22.0 Å². The van der Waals surface area contributed by atoms with Crippen LogP contribution in [0.4, 0.5) is 10.1 Å². The molecule has 0 atom stereocenters. The molecule has 2 aromatic heterocycles. The van der Waals surface area contributed by atoms with Crippen LogP contribution < -0.4 is 15.9 Å². The van der Waals surface area contributed by atoms with E-state index in [4.69, 9.17) is 11.6 Å². The number of nitrogens with zero attached hydrogens (tertiary/aromatic N) is 6. The van der Waals surface area contributed by atoms with E-state index in [0.29, 0.717) is 34.4 Å². The molecule has 198 valence electrons. The Labute approximate surface area is 228 Å². The standard InChI is InChI=1S/C28H25ClFN7O2/c1-16-15-36(7-6-31-16)25-12-18(11-24-26(25)32-33-35(24)3)21-14-19(30)13-20(27(21)38)17-4-5-23(22(29)10-17)37-9-8-34(2)28(37)39/h4-5,8-15,31,38H,6-7H2,1-3H3. The largest absolute Gasteiger partial charge is 0.507 e. The number of hydrogen-bond donors (Lipinski definition) is 2. The number of benzene rings is 3. The maximum Gasteiger partial charge on any atom is 0.332 e. The zero-order valence-corrected chi connectivity index (χ0v) is 22.2. The van der Waals surface area contributed by atoms with Crippen LogP contribution in [0.1, 0.15) is 6.92 Å². The zero-order valence-electron chi connectivity index (χ0n) is 21.5. The van der Waals surface area contributed by atoms with Gasteiger partial charge in [-0.15, -0.1) is 5.10 Å². The Hall–Kier alpha value is -4.57. The maximum atomic E-state index is 15.1. The molecule has 0 fully saturated rings. The first-order chi connectivity index (χ1) is 18.7. The number of halogens is 2. The molecule has 0 amide bonds. The van der Waals surface area contributed by atoms with Gasteiger partial charge in [-0.1, -0.05) is 22.9 Å². The molecule has 11 heteroatoms. The number of aryl methyl sites for hydroxylation is 2. The molecule has 3 heterocycles. The van der Waals surface area contributed by atoms with Gasteiger partial charge in [-0.25, -0.2) is 13.9 Å². The van der Waals surface area contributed by atoms with Gasteiger partial charge >= 0.3 is 5.69 Å². The van der Waals surface area contributed by atoms with Crippen molar-refractivity contribution >= 4 is 28.3 Å². The second-order valence-electron chi connectivity index (χ2n) is 9.59. The van der Waals surface area contributed by atoms with E-state index in [1.54, 1.807) is 49.4 Å². The van der Waals surface area contributed by atoms with Gasteiger partial charge in [0.25, 0.3) is 0 Å². The molecular weight excluding hydrogens is 521 g/mol. The predicted octanol–water partition coefficient (Wildman–Crippen LogP) is 4.56. The number of aromatic hydroxyl groups is 1. The van der Waals surface area contributed by atoms with Crippen molar-refractivity contribution in [2.24, 2.45) is 14.1 Å². The van der Waals surface area contributed by atoms with Gasteiger partial charge in [0.15, 0.2) is 0 Å². The van der Waals surface area contributed by atoms with Crippen molar-refractivity contribution in [2.45, 2.75) is 6.92 Å². The first kappa shape index (κ1) is 24.7. The van der Waals surface area contributed by atoms with Crippen LogP contribution in [0, 0.1) is 5.82 Å². The fourth-order valence-corrected chi connectivity index (χ4v) is 5.22. The summed E-state index contributed by atoms with van der Waals surface area (Å²) in [6, 6.07) is 11.3. The molecule has 3 aromatic carbocycles. The minimum Gasteiger partial charge on any atom is -0.507 e. The number of hydrogen-bond acceptors (Lipinski definition) is 6. The summed E-state index contributed by atoms with van der Waals surface area (Å²) >= 11 is 6.56. The maximum absolute atomic E-state index is 15.1. The predicted molar refractivity (Wildman–Crippen MR) is 150 cm³/mol. The van der Waals surface area contributed by atoms with Crippen molar-refractivity contribution in [3.63, 3.8) is 0 Å². The number of phenols is 1. The molecule has 39 heavy (non-hydrogen) atoms. The van der Waals surface area contributed by atoms with Gasteiger partial charge in [0, 0.05) is 62.6 Å². The highest BCUT2D eigenvalue weighted by Gasteiger charge is 2.21. The lowest BCUT2D eigenvalue weighted by Gasteiger charge is -2.27. The van der Waals surface area contributed by atoms with Gasteiger partial charge < -0.3 is 19.9 Å². The van der Waals surface area contributed by atoms with Crippen LogP contribution in [-0.2, 0) is 14.1 Å². The first-order valence-electron chi connectivity index (χ1n) is 12.3. The van der Waals surface area contributed by atoms with Crippen molar-refractivity contribution in [3.05, 3.63) is 88.1 Å². The highest BCUT2D eigenvalue weighted by Crippen LogP contribution is 2.42. The summed E-state index contributed by atoms with van der Waals surface area (Å²) in [4.78, 5) is 14.5. The number of fused-ring (bicyclic) bond motifs is 1. The van der Waals surface area contributed by atoms with Crippen LogP contribution >= 0.6 is 11.6 Å². The molecule has 0 saturated carbocycles. The van der Waals surface area contributed by atoms with Crippen molar-refractivity contribution in [2.75, 3.05) is 18.0 Å². The SMILES string of the molecule is CC1=CN(c2cc(-c3cc(F)cc(-c4ccc(-n5ccn(C)c5=O)c(Cl)c4)c3O)cc3c2nnn3C)CCN1. The summed E-state index contributed by atoms with van der Waals surface area (Å²) in [6.07, 6.45) is 5.25. The number of nitrogens with one attached hydrogen (secondary N) is 1. The van der Waals surface area contributed by atoms with Crippen LogP contribution in [0.3, 0.4) is 0 Å². The molecule has 0 aliphatic carbocycles. The minimum absolute atomic E-state index is 0.0930. The van der Waals surface area contributed by atoms with E-state index >= 15 is 4.39 Å². The lowest BCUT2D eigenvalue weighted by Crippen LogP contribution is -2.34. The molecular formula is C28H25ClFN7O2. The average molecular weight is 546 g/mol. The molecule has 0 bridgehead atoms. The lowest BCUT2D eigenvalue weighted by atomic mass is 9.96. The highest BCUT2D eigenvalue weighted by atomic mass is 35.5. The fraction of sp³-hybridized carbons (Fsp3) is 0.179. The Morgan fingerprint density at radius 2 is 1.79 bits per heavy atom. The van der Waals surface area contributed by atoms with E-state index in [1.807, 2.05) is 25.3 Å². The molecule has 0 radical (unpaired) electrons. The Balaban J connectivity index is 1.49. The Morgan fingerprint density at radius 3 is 2.49 bits per heavy atom. The summed E-state index contributed by atoms with van der Waals surface area (Å²) in [5, 5.41) is 23.6. The van der Waals surface area contributed by atoms with Crippen LogP contribution in [0.2, 0.25) is 5.02 Å². The second-order valence-corrected chi connectivity index (χ2v) is 9.99.